The summed E-state index contributed by atoms with van der Waals surface area (Å²) in [7, 11) is 0. The molecule has 0 spiro atoms. The lowest BCUT2D eigenvalue weighted by Gasteiger charge is -2.08. The van der Waals surface area contributed by atoms with E-state index in [9.17, 15) is 4.79 Å². The van der Waals surface area contributed by atoms with Crippen molar-refractivity contribution in [3.8, 4) is 0 Å². The van der Waals surface area contributed by atoms with Gasteiger partial charge in [-0.1, -0.05) is 27.5 Å². The van der Waals surface area contributed by atoms with Crippen molar-refractivity contribution in [2.75, 3.05) is 5.32 Å². The highest BCUT2D eigenvalue weighted by molar-refractivity contribution is 9.10. The Labute approximate surface area is 110 Å². The summed E-state index contributed by atoms with van der Waals surface area (Å²) in [4.78, 5) is 15.5. The number of anilines is 1. The van der Waals surface area contributed by atoms with Gasteiger partial charge in [0.1, 0.15) is 5.52 Å². The number of alkyl halides is 1. The van der Waals surface area contributed by atoms with E-state index in [1.807, 2.05) is 6.07 Å². The normalized spacial score (nSPS) is 12.7. The van der Waals surface area contributed by atoms with Crippen molar-refractivity contribution in [2.45, 2.75) is 11.8 Å². The Morgan fingerprint density at radius 3 is 3.06 bits per heavy atom. The van der Waals surface area contributed by atoms with Crippen LogP contribution in [0.5, 0.6) is 0 Å². The molecule has 84 valence electrons. The Hall–Kier alpha value is -0.650. The molecular formula is C10H8BrClN2OS. The van der Waals surface area contributed by atoms with Gasteiger partial charge in [0.25, 0.3) is 0 Å². The van der Waals surface area contributed by atoms with E-state index in [4.69, 9.17) is 11.6 Å². The van der Waals surface area contributed by atoms with Crippen molar-refractivity contribution in [1.29, 1.82) is 0 Å². The van der Waals surface area contributed by atoms with Crippen LogP contribution in [-0.2, 0) is 4.79 Å². The topological polar surface area (TPSA) is 42.0 Å². The number of halogens is 2. The molecule has 0 saturated heterocycles. The van der Waals surface area contributed by atoms with Crippen LogP contribution in [0.1, 0.15) is 6.92 Å². The largest absolute Gasteiger partial charge is 0.322 e. The molecule has 0 aliphatic carbocycles. The second-order valence-electron chi connectivity index (χ2n) is 3.23. The molecule has 3 nitrogen and oxygen atoms in total. The quantitative estimate of drug-likeness (QED) is 0.858. The van der Waals surface area contributed by atoms with Crippen LogP contribution in [0.2, 0.25) is 5.02 Å². The van der Waals surface area contributed by atoms with E-state index in [1.165, 1.54) is 11.3 Å². The summed E-state index contributed by atoms with van der Waals surface area (Å²) in [6, 6.07) is 3.65. The number of nitrogens with one attached hydrogen (secondary N) is 1. The third-order valence-electron chi connectivity index (χ3n) is 2.06. The monoisotopic (exact) mass is 318 g/mol. The molecule has 0 aliphatic rings. The maximum atomic E-state index is 11.6. The summed E-state index contributed by atoms with van der Waals surface area (Å²) < 4.78 is 1.00. The summed E-state index contributed by atoms with van der Waals surface area (Å²) in [5, 5.41) is 3.27. The number of fused-ring (bicyclic) bond motifs is 1. The lowest BCUT2D eigenvalue weighted by Crippen LogP contribution is -2.20. The van der Waals surface area contributed by atoms with Gasteiger partial charge in [-0.25, -0.2) is 4.98 Å². The Kier molecular flexibility index (Phi) is 3.47. The number of nitrogens with zero attached hydrogens (tertiary/aromatic N) is 1. The Morgan fingerprint density at radius 2 is 2.38 bits per heavy atom. The zero-order chi connectivity index (χ0) is 11.7. The molecule has 1 aromatic heterocycles. The summed E-state index contributed by atoms with van der Waals surface area (Å²) in [6.07, 6.45) is 0. The Bertz CT molecular complexity index is 541. The second-order valence-corrected chi connectivity index (χ2v) is 5.89. The van der Waals surface area contributed by atoms with Gasteiger partial charge in [-0.3, -0.25) is 4.79 Å². The fourth-order valence-electron chi connectivity index (χ4n) is 1.25. The molecule has 0 fully saturated rings. The fourth-order valence-corrected chi connectivity index (χ4v) is 2.25. The highest BCUT2D eigenvalue weighted by atomic mass is 79.9. The summed E-state index contributed by atoms with van der Waals surface area (Å²) in [5.74, 6) is -0.137. The molecule has 0 aliphatic heterocycles. The number of rotatable bonds is 2. The van der Waals surface area contributed by atoms with E-state index >= 15 is 0 Å². The minimum Gasteiger partial charge on any atom is -0.322 e. The molecule has 1 aromatic carbocycles. The number of hydrogen-bond donors (Lipinski definition) is 1. The first-order valence-corrected chi connectivity index (χ1v) is 6.73. The van der Waals surface area contributed by atoms with Crippen molar-refractivity contribution in [3.05, 3.63) is 22.7 Å². The van der Waals surface area contributed by atoms with Gasteiger partial charge >= 0.3 is 0 Å². The van der Waals surface area contributed by atoms with Crippen LogP contribution >= 0.6 is 38.9 Å². The number of carbonyl (C=O) groups excluding carboxylic acids is 1. The van der Waals surface area contributed by atoms with Gasteiger partial charge < -0.3 is 5.32 Å². The Balaban J connectivity index is 2.46. The molecule has 1 amide bonds. The molecule has 1 atom stereocenters. The molecule has 1 N–H and O–H groups in total. The molecule has 16 heavy (non-hydrogen) atoms. The number of thiazole rings is 1. The zero-order valence-electron chi connectivity index (χ0n) is 8.33. The van der Waals surface area contributed by atoms with E-state index < -0.39 is 0 Å². The highest BCUT2D eigenvalue weighted by Gasteiger charge is 2.14. The predicted octanol–water partition coefficient (Wildman–Crippen LogP) is 3.67. The molecule has 0 saturated carbocycles. The van der Waals surface area contributed by atoms with Crippen LogP contribution in [0, 0.1) is 0 Å². The van der Waals surface area contributed by atoms with Crippen LogP contribution in [-0.4, -0.2) is 15.7 Å². The van der Waals surface area contributed by atoms with Gasteiger partial charge in [0.05, 0.1) is 25.7 Å². The van der Waals surface area contributed by atoms with Crippen LogP contribution < -0.4 is 5.32 Å². The summed E-state index contributed by atoms with van der Waals surface area (Å²) in [6.45, 7) is 1.75. The van der Waals surface area contributed by atoms with Crippen LogP contribution in [0.4, 0.5) is 5.69 Å². The lowest BCUT2D eigenvalue weighted by molar-refractivity contribution is -0.115. The van der Waals surface area contributed by atoms with E-state index in [-0.39, 0.29) is 10.7 Å². The van der Waals surface area contributed by atoms with Crippen molar-refractivity contribution in [1.82, 2.24) is 4.98 Å². The zero-order valence-corrected chi connectivity index (χ0v) is 11.5. The molecule has 0 radical (unpaired) electrons. The summed E-state index contributed by atoms with van der Waals surface area (Å²) >= 11 is 10.8. The van der Waals surface area contributed by atoms with Gasteiger partial charge in [-0.15, -0.1) is 11.3 Å². The molecule has 2 aromatic rings. The molecule has 0 bridgehead atoms. The molecule has 2 rings (SSSR count). The second kappa shape index (κ2) is 4.69. The third-order valence-corrected chi connectivity index (χ3v) is 3.59. The predicted molar refractivity (Wildman–Crippen MR) is 71.6 cm³/mol. The minimum absolute atomic E-state index is 0.137. The van der Waals surface area contributed by atoms with E-state index in [0.29, 0.717) is 10.7 Å². The van der Waals surface area contributed by atoms with E-state index in [2.05, 4.69) is 26.2 Å². The van der Waals surface area contributed by atoms with Gasteiger partial charge in [-0.05, 0) is 19.1 Å². The van der Waals surface area contributed by atoms with Gasteiger partial charge in [0.2, 0.25) is 5.91 Å². The fraction of sp³-hybridized carbons (Fsp3) is 0.200. The number of amides is 1. The van der Waals surface area contributed by atoms with Crippen molar-refractivity contribution in [2.24, 2.45) is 0 Å². The maximum Gasteiger partial charge on any atom is 0.237 e. The average Bonchev–Trinajstić information content (AvgIpc) is 2.70. The number of aromatic nitrogens is 1. The van der Waals surface area contributed by atoms with Crippen molar-refractivity contribution in [3.63, 3.8) is 0 Å². The molecular weight excluding hydrogens is 312 g/mol. The number of hydrogen-bond acceptors (Lipinski definition) is 3. The van der Waals surface area contributed by atoms with Crippen molar-refractivity contribution >= 4 is 60.7 Å². The van der Waals surface area contributed by atoms with Crippen LogP contribution in [0.25, 0.3) is 10.2 Å². The lowest BCUT2D eigenvalue weighted by atomic mass is 10.2. The minimum atomic E-state index is -0.266. The smallest absolute Gasteiger partial charge is 0.237 e. The van der Waals surface area contributed by atoms with Crippen LogP contribution in [0.3, 0.4) is 0 Å². The summed E-state index contributed by atoms with van der Waals surface area (Å²) in [5.41, 5.74) is 3.05. The van der Waals surface area contributed by atoms with E-state index in [0.717, 1.165) is 10.2 Å². The Morgan fingerprint density at radius 1 is 1.62 bits per heavy atom. The van der Waals surface area contributed by atoms with Crippen molar-refractivity contribution < 1.29 is 4.79 Å². The first-order valence-electron chi connectivity index (χ1n) is 4.56. The number of carbonyl (C=O) groups is 1. The molecule has 6 heteroatoms. The maximum absolute atomic E-state index is 11.6. The number of benzene rings is 1. The average molecular weight is 320 g/mol. The molecule has 1 unspecified atom stereocenters. The SMILES string of the molecule is CC(Br)C(=O)Nc1c(Cl)ccc2scnc12. The third kappa shape index (κ3) is 2.21. The van der Waals surface area contributed by atoms with E-state index in [1.54, 1.807) is 18.5 Å². The van der Waals surface area contributed by atoms with Crippen LogP contribution in [0.15, 0.2) is 17.6 Å². The van der Waals surface area contributed by atoms with Gasteiger partial charge in [0, 0.05) is 0 Å². The first-order chi connectivity index (χ1) is 7.59. The first kappa shape index (κ1) is 11.8. The highest BCUT2D eigenvalue weighted by Crippen LogP contribution is 2.32. The molecule has 1 heterocycles. The van der Waals surface area contributed by atoms with Gasteiger partial charge in [-0.2, -0.15) is 0 Å². The van der Waals surface area contributed by atoms with Gasteiger partial charge in [0.15, 0.2) is 0 Å². The standard InChI is InChI=1S/C10H8BrClN2OS/c1-5(11)10(15)14-8-6(12)2-3-7-9(8)13-4-16-7/h2-5H,1H3,(H,14,15).